The van der Waals surface area contributed by atoms with E-state index in [1.807, 2.05) is 36.4 Å². The molecule has 3 nitrogen and oxygen atoms in total. The molecule has 1 aliphatic carbocycles. The number of carbonyl (C=O) groups is 1. The Hall–Kier alpha value is -2.56. The van der Waals surface area contributed by atoms with Crippen molar-refractivity contribution >= 4 is 40.1 Å². The number of rotatable bonds is 2. The van der Waals surface area contributed by atoms with Crippen LogP contribution in [0.15, 0.2) is 76.6 Å². The van der Waals surface area contributed by atoms with Gasteiger partial charge in [-0.1, -0.05) is 35.9 Å². The monoisotopic (exact) mass is 406 g/mol. The van der Waals surface area contributed by atoms with Gasteiger partial charge in [-0.15, -0.1) is 0 Å². The molecule has 0 saturated heterocycles. The summed E-state index contributed by atoms with van der Waals surface area (Å²) in [6, 6.07) is 18.0. The Morgan fingerprint density at radius 1 is 0.929 bits per heavy atom. The van der Waals surface area contributed by atoms with Crippen LogP contribution in [-0.4, -0.2) is 5.78 Å². The molecular formula is C23H19ClN2OS. The Morgan fingerprint density at radius 2 is 1.71 bits per heavy atom. The van der Waals surface area contributed by atoms with Crippen molar-refractivity contribution in [3.05, 3.63) is 92.8 Å². The number of fused-ring (bicyclic) bond motifs is 1. The van der Waals surface area contributed by atoms with Crippen LogP contribution in [0.2, 0.25) is 5.02 Å². The first-order valence-electron chi connectivity index (χ1n) is 9.35. The molecule has 0 spiro atoms. The Labute approximate surface area is 173 Å². The number of para-hydroxylation sites is 2. The van der Waals surface area contributed by atoms with Crippen molar-refractivity contribution in [2.75, 3.05) is 10.6 Å². The third-order valence-electron chi connectivity index (χ3n) is 5.53. The lowest BCUT2D eigenvalue weighted by Crippen LogP contribution is -2.26. The van der Waals surface area contributed by atoms with Crippen LogP contribution in [0.5, 0.6) is 0 Å². The van der Waals surface area contributed by atoms with Crippen LogP contribution >= 0.6 is 22.9 Å². The van der Waals surface area contributed by atoms with Crippen molar-refractivity contribution in [2.45, 2.75) is 24.8 Å². The fraction of sp³-hybridized carbons (Fsp3) is 0.174. The summed E-state index contributed by atoms with van der Waals surface area (Å²) in [7, 11) is 0. The van der Waals surface area contributed by atoms with Gasteiger partial charge in [0.2, 0.25) is 0 Å². The molecule has 2 heterocycles. The maximum Gasteiger partial charge on any atom is 0.163 e. The number of Topliss-reactive ketones (excluding diaryl/α,β-unsaturated/α-hetero) is 1. The van der Waals surface area contributed by atoms with Gasteiger partial charge in [0.1, 0.15) is 0 Å². The zero-order valence-electron chi connectivity index (χ0n) is 15.1. The van der Waals surface area contributed by atoms with Gasteiger partial charge in [0.05, 0.1) is 17.4 Å². The average Bonchev–Trinajstić information content (AvgIpc) is 3.17. The predicted octanol–water partition coefficient (Wildman–Crippen LogP) is 6.38. The molecule has 2 atom stereocenters. The molecule has 5 heteroatoms. The van der Waals surface area contributed by atoms with Gasteiger partial charge >= 0.3 is 0 Å². The van der Waals surface area contributed by atoms with Crippen LogP contribution in [-0.2, 0) is 4.79 Å². The SMILES string of the molecule is O=C1C[C@@H](c2ccc(Cl)cc2)CC2=C1[C@@H](c1ccsc1)Nc1ccccc1N2. The lowest BCUT2D eigenvalue weighted by molar-refractivity contribution is -0.116. The first-order chi connectivity index (χ1) is 13.7. The van der Waals surface area contributed by atoms with Crippen LogP contribution in [0.3, 0.4) is 0 Å². The molecule has 2 aromatic carbocycles. The molecule has 2 N–H and O–H groups in total. The number of allylic oxidation sites excluding steroid dienone is 1. The summed E-state index contributed by atoms with van der Waals surface area (Å²) < 4.78 is 0. The van der Waals surface area contributed by atoms with E-state index in [0.717, 1.165) is 40.2 Å². The zero-order valence-corrected chi connectivity index (χ0v) is 16.7. The van der Waals surface area contributed by atoms with Crippen LogP contribution < -0.4 is 10.6 Å². The molecule has 0 fully saturated rings. The minimum Gasteiger partial charge on any atom is -0.372 e. The number of ketones is 1. The quantitative estimate of drug-likeness (QED) is 0.518. The summed E-state index contributed by atoms with van der Waals surface area (Å²) in [5, 5.41) is 12.1. The van der Waals surface area contributed by atoms with E-state index in [1.54, 1.807) is 11.3 Å². The van der Waals surface area contributed by atoms with Crippen LogP contribution in [0.4, 0.5) is 11.4 Å². The Balaban J connectivity index is 1.59. The van der Waals surface area contributed by atoms with Gasteiger partial charge < -0.3 is 10.6 Å². The van der Waals surface area contributed by atoms with Gasteiger partial charge in [0, 0.05) is 22.7 Å². The van der Waals surface area contributed by atoms with E-state index in [4.69, 9.17) is 11.6 Å². The molecule has 0 bridgehead atoms. The molecule has 5 rings (SSSR count). The van der Waals surface area contributed by atoms with Crippen molar-refractivity contribution in [3.8, 4) is 0 Å². The van der Waals surface area contributed by atoms with Crippen LogP contribution in [0.25, 0.3) is 0 Å². The highest BCUT2D eigenvalue weighted by atomic mass is 35.5. The van der Waals surface area contributed by atoms with E-state index >= 15 is 0 Å². The molecule has 0 amide bonds. The molecule has 1 aliphatic heterocycles. The molecule has 140 valence electrons. The second-order valence-electron chi connectivity index (χ2n) is 7.28. The second kappa shape index (κ2) is 7.12. The highest BCUT2D eigenvalue weighted by Gasteiger charge is 2.36. The fourth-order valence-electron chi connectivity index (χ4n) is 4.15. The predicted molar refractivity (Wildman–Crippen MR) is 116 cm³/mol. The third-order valence-corrected chi connectivity index (χ3v) is 6.48. The molecule has 0 radical (unpaired) electrons. The number of hydrogen-bond acceptors (Lipinski definition) is 4. The summed E-state index contributed by atoms with van der Waals surface area (Å²) in [6.07, 6.45) is 1.32. The molecule has 3 aromatic rings. The Bertz CT molecular complexity index is 1060. The molecule has 28 heavy (non-hydrogen) atoms. The number of carbonyl (C=O) groups excluding carboxylic acids is 1. The molecule has 0 saturated carbocycles. The first kappa shape index (κ1) is 17.5. The lowest BCUT2D eigenvalue weighted by Gasteiger charge is -2.29. The van der Waals surface area contributed by atoms with E-state index in [2.05, 4.69) is 39.6 Å². The smallest absolute Gasteiger partial charge is 0.163 e. The van der Waals surface area contributed by atoms with Gasteiger partial charge in [-0.25, -0.2) is 0 Å². The van der Waals surface area contributed by atoms with Gasteiger partial charge in [0.25, 0.3) is 0 Å². The van der Waals surface area contributed by atoms with Crippen molar-refractivity contribution in [2.24, 2.45) is 0 Å². The van der Waals surface area contributed by atoms with Crippen molar-refractivity contribution in [1.82, 2.24) is 0 Å². The lowest BCUT2D eigenvalue weighted by atomic mass is 9.79. The van der Waals surface area contributed by atoms with E-state index in [0.29, 0.717) is 11.4 Å². The van der Waals surface area contributed by atoms with Gasteiger partial charge in [-0.05, 0) is 64.6 Å². The van der Waals surface area contributed by atoms with Crippen LogP contribution in [0.1, 0.15) is 35.9 Å². The zero-order chi connectivity index (χ0) is 19.1. The molecule has 2 aliphatic rings. The summed E-state index contributed by atoms with van der Waals surface area (Å²) in [5.74, 6) is 0.356. The number of hydrogen-bond donors (Lipinski definition) is 2. The Morgan fingerprint density at radius 3 is 2.46 bits per heavy atom. The molecule has 0 unspecified atom stereocenters. The van der Waals surface area contributed by atoms with Crippen molar-refractivity contribution in [1.29, 1.82) is 0 Å². The summed E-state index contributed by atoms with van der Waals surface area (Å²) in [5.41, 5.74) is 6.20. The number of halogens is 1. The number of anilines is 2. The maximum absolute atomic E-state index is 13.3. The Kier molecular flexibility index (Phi) is 4.46. The topological polar surface area (TPSA) is 41.1 Å². The normalized spacial score (nSPS) is 21.2. The largest absolute Gasteiger partial charge is 0.372 e. The summed E-state index contributed by atoms with van der Waals surface area (Å²) in [4.78, 5) is 13.3. The highest BCUT2D eigenvalue weighted by molar-refractivity contribution is 7.08. The van der Waals surface area contributed by atoms with Gasteiger partial charge in [-0.3, -0.25) is 4.79 Å². The number of thiophene rings is 1. The standard InChI is InChI=1S/C23H19ClN2OS/c24-17-7-5-14(6-8-17)16-11-20-22(21(27)12-16)23(15-9-10-28-13-15)26-19-4-2-1-3-18(19)25-20/h1-10,13,16,23,25-26H,11-12H2/t16-,23+/m0/s1. The third kappa shape index (κ3) is 3.13. The average molecular weight is 407 g/mol. The minimum atomic E-state index is -0.129. The minimum absolute atomic E-state index is 0.129. The summed E-state index contributed by atoms with van der Waals surface area (Å²) >= 11 is 7.70. The van der Waals surface area contributed by atoms with E-state index in [9.17, 15) is 4.79 Å². The highest BCUT2D eigenvalue weighted by Crippen LogP contribution is 2.44. The van der Waals surface area contributed by atoms with E-state index < -0.39 is 0 Å². The van der Waals surface area contributed by atoms with E-state index in [-0.39, 0.29) is 17.7 Å². The van der Waals surface area contributed by atoms with Gasteiger partial charge in [0.15, 0.2) is 5.78 Å². The van der Waals surface area contributed by atoms with E-state index in [1.165, 1.54) is 0 Å². The second-order valence-corrected chi connectivity index (χ2v) is 8.49. The summed E-state index contributed by atoms with van der Waals surface area (Å²) in [6.45, 7) is 0. The van der Waals surface area contributed by atoms with Crippen molar-refractivity contribution in [3.63, 3.8) is 0 Å². The fourth-order valence-corrected chi connectivity index (χ4v) is 4.96. The number of nitrogens with one attached hydrogen (secondary N) is 2. The molecule has 1 aromatic heterocycles. The maximum atomic E-state index is 13.3. The van der Waals surface area contributed by atoms with Crippen molar-refractivity contribution < 1.29 is 4.79 Å². The van der Waals surface area contributed by atoms with Crippen LogP contribution in [0, 0.1) is 0 Å². The van der Waals surface area contributed by atoms with Gasteiger partial charge in [-0.2, -0.15) is 11.3 Å². The molecular weight excluding hydrogens is 388 g/mol. The number of benzene rings is 2. The first-order valence-corrected chi connectivity index (χ1v) is 10.7.